The van der Waals surface area contributed by atoms with Crippen molar-refractivity contribution in [2.75, 3.05) is 13.2 Å². The lowest BCUT2D eigenvalue weighted by Gasteiger charge is -2.54. The Labute approximate surface area is 101 Å². The second kappa shape index (κ2) is 4.23. The third-order valence-electron chi connectivity index (χ3n) is 3.88. The van der Waals surface area contributed by atoms with E-state index in [1.54, 1.807) is 4.90 Å². The monoisotopic (exact) mass is 241 g/mol. The Hall–Kier alpha value is -0.650. The molecule has 0 unspecified atom stereocenters. The number of ether oxygens (including phenoxy) is 3. The lowest BCUT2D eigenvalue weighted by atomic mass is 9.92. The zero-order valence-electron chi connectivity index (χ0n) is 10.3. The molecule has 0 aromatic carbocycles. The summed E-state index contributed by atoms with van der Waals surface area (Å²) in [7, 11) is 0. The molecule has 0 aromatic rings. The Balaban J connectivity index is 1.63. The van der Waals surface area contributed by atoms with Gasteiger partial charge in [0.1, 0.15) is 12.3 Å². The highest BCUT2D eigenvalue weighted by molar-refractivity contribution is 5.85. The van der Waals surface area contributed by atoms with E-state index >= 15 is 0 Å². The Morgan fingerprint density at radius 3 is 2.94 bits per heavy atom. The Kier molecular flexibility index (Phi) is 2.84. The van der Waals surface area contributed by atoms with Gasteiger partial charge >= 0.3 is 0 Å². The van der Waals surface area contributed by atoms with Crippen LogP contribution >= 0.6 is 0 Å². The number of carbonyl (C=O) groups excluding carboxylic acids is 1. The van der Waals surface area contributed by atoms with Crippen molar-refractivity contribution in [3.8, 4) is 0 Å². The maximum absolute atomic E-state index is 11.6. The molecule has 5 heteroatoms. The standard InChI is InChI=1S/C12H19NO4/c1-3-15-10-5-4-8-9(16-10)6-13-11(14)7(2)12(13)17-8/h7-10,12H,3-6H2,1-2H3/t7-,8+,9-,10-,12-/m1/s1. The van der Waals surface area contributed by atoms with Crippen LogP contribution in [0.3, 0.4) is 0 Å². The molecule has 0 N–H and O–H groups in total. The zero-order valence-corrected chi connectivity index (χ0v) is 10.3. The molecule has 3 rings (SSSR count). The number of hydrogen-bond donors (Lipinski definition) is 0. The van der Waals surface area contributed by atoms with Crippen molar-refractivity contribution in [2.45, 2.75) is 51.4 Å². The van der Waals surface area contributed by atoms with Crippen molar-refractivity contribution < 1.29 is 19.0 Å². The number of β-lactam (4-membered cyclic amide) rings is 1. The summed E-state index contributed by atoms with van der Waals surface area (Å²) in [5.74, 6) is 0.191. The van der Waals surface area contributed by atoms with Gasteiger partial charge in [0.05, 0.1) is 18.6 Å². The van der Waals surface area contributed by atoms with Gasteiger partial charge in [-0.1, -0.05) is 0 Å². The van der Waals surface area contributed by atoms with Crippen LogP contribution in [0.15, 0.2) is 0 Å². The minimum absolute atomic E-state index is 0.0144. The molecule has 0 aliphatic carbocycles. The molecule has 0 spiro atoms. The fourth-order valence-electron chi connectivity index (χ4n) is 2.92. The molecule has 3 fully saturated rings. The highest BCUT2D eigenvalue weighted by atomic mass is 16.7. The molecule has 1 amide bonds. The zero-order chi connectivity index (χ0) is 12.0. The minimum atomic E-state index is -0.129. The van der Waals surface area contributed by atoms with Crippen LogP contribution in [0.25, 0.3) is 0 Å². The van der Waals surface area contributed by atoms with Gasteiger partial charge in [-0.25, -0.2) is 0 Å². The topological polar surface area (TPSA) is 48.0 Å². The molecule has 96 valence electrons. The van der Waals surface area contributed by atoms with Gasteiger partial charge in [0.2, 0.25) is 5.91 Å². The van der Waals surface area contributed by atoms with Gasteiger partial charge in [-0.3, -0.25) is 4.79 Å². The van der Waals surface area contributed by atoms with E-state index in [0.29, 0.717) is 13.2 Å². The van der Waals surface area contributed by atoms with Gasteiger partial charge in [0.25, 0.3) is 0 Å². The first kappa shape index (κ1) is 11.4. The van der Waals surface area contributed by atoms with Gasteiger partial charge in [-0.05, 0) is 20.3 Å². The number of amides is 1. The summed E-state index contributed by atoms with van der Waals surface area (Å²) in [5, 5.41) is 0. The van der Waals surface area contributed by atoms with Gasteiger partial charge in [-0.2, -0.15) is 0 Å². The molecule has 0 radical (unpaired) electrons. The molecule has 0 bridgehead atoms. The van der Waals surface area contributed by atoms with Crippen LogP contribution in [-0.2, 0) is 19.0 Å². The van der Waals surface area contributed by atoms with Crippen LogP contribution in [-0.4, -0.2) is 48.7 Å². The normalized spacial score (nSPS) is 44.9. The number of fused-ring (bicyclic) bond motifs is 2. The molecular weight excluding hydrogens is 222 g/mol. The van der Waals surface area contributed by atoms with Crippen LogP contribution < -0.4 is 0 Å². The van der Waals surface area contributed by atoms with Crippen molar-refractivity contribution >= 4 is 5.91 Å². The third kappa shape index (κ3) is 1.77. The van der Waals surface area contributed by atoms with Crippen LogP contribution in [0.1, 0.15) is 26.7 Å². The quantitative estimate of drug-likeness (QED) is 0.669. The van der Waals surface area contributed by atoms with E-state index in [1.807, 2.05) is 13.8 Å². The predicted molar refractivity (Wildman–Crippen MR) is 59.1 cm³/mol. The van der Waals surface area contributed by atoms with Crippen LogP contribution in [0.2, 0.25) is 0 Å². The van der Waals surface area contributed by atoms with Crippen LogP contribution in [0.4, 0.5) is 0 Å². The SMILES string of the molecule is CCO[C@H]1CC[C@@H]2O[C@@H]3[C@H](C)C(=O)N3C[C@H]2O1. The van der Waals surface area contributed by atoms with Crippen molar-refractivity contribution in [1.82, 2.24) is 4.90 Å². The lowest BCUT2D eigenvalue weighted by molar-refractivity contribution is -0.297. The molecule has 3 aliphatic heterocycles. The average molecular weight is 241 g/mol. The summed E-state index contributed by atoms with van der Waals surface area (Å²) < 4.78 is 17.2. The number of rotatable bonds is 2. The molecule has 3 saturated heterocycles. The molecule has 5 nitrogen and oxygen atoms in total. The summed E-state index contributed by atoms with van der Waals surface area (Å²) >= 11 is 0. The summed E-state index contributed by atoms with van der Waals surface area (Å²) in [5.41, 5.74) is 0. The van der Waals surface area contributed by atoms with Gasteiger partial charge in [-0.15, -0.1) is 0 Å². The van der Waals surface area contributed by atoms with Crippen molar-refractivity contribution in [3.05, 3.63) is 0 Å². The molecule has 0 saturated carbocycles. The first-order valence-corrected chi connectivity index (χ1v) is 6.43. The second-order valence-corrected chi connectivity index (χ2v) is 4.98. The first-order chi connectivity index (χ1) is 8.20. The van der Waals surface area contributed by atoms with E-state index in [4.69, 9.17) is 14.2 Å². The van der Waals surface area contributed by atoms with Gasteiger partial charge < -0.3 is 19.1 Å². The van der Waals surface area contributed by atoms with E-state index in [2.05, 4.69) is 0 Å². The molecule has 5 atom stereocenters. The molecule has 3 heterocycles. The average Bonchev–Trinajstić information content (AvgIpc) is 2.36. The molecular formula is C12H19NO4. The molecule has 0 aromatic heterocycles. The maximum atomic E-state index is 11.6. The van der Waals surface area contributed by atoms with Crippen LogP contribution in [0.5, 0.6) is 0 Å². The smallest absolute Gasteiger partial charge is 0.232 e. The van der Waals surface area contributed by atoms with Gasteiger partial charge in [0.15, 0.2) is 6.29 Å². The van der Waals surface area contributed by atoms with E-state index in [0.717, 1.165) is 12.8 Å². The summed E-state index contributed by atoms with van der Waals surface area (Å²) in [6, 6.07) is 0. The predicted octanol–water partition coefficient (Wildman–Crippen LogP) is 0.731. The van der Waals surface area contributed by atoms with E-state index in [-0.39, 0.29) is 36.6 Å². The Morgan fingerprint density at radius 1 is 1.35 bits per heavy atom. The van der Waals surface area contributed by atoms with Crippen molar-refractivity contribution in [1.29, 1.82) is 0 Å². The highest BCUT2D eigenvalue weighted by Gasteiger charge is 2.53. The van der Waals surface area contributed by atoms with E-state index in [9.17, 15) is 4.79 Å². The number of nitrogens with zero attached hydrogens (tertiary/aromatic N) is 1. The number of carbonyl (C=O) groups is 1. The summed E-state index contributed by atoms with van der Waals surface area (Å²) in [6.07, 6.45) is 1.80. The lowest BCUT2D eigenvalue weighted by Crippen LogP contribution is -2.69. The minimum Gasteiger partial charge on any atom is -0.353 e. The Morgan fingerprint density at radius 2 is 2.18 bits per heavy atom. The van der Waals surface area contributed by atoms with Crippen molar-refractivity contribution in [3.63, 3.8) is 0 Å². The Bertz CT molecular complexity index is 322. The second-order valence-electron chi connectivity index (χ2n) is 4.98. The van der Waals surface area contributed by atoms with Crippen molar-refractivity contribution in [2.24, 2.45) is 5.92 Å². The van der Waals surface area contributed by atoms with Crippen LogP contribution in [0, 0.1) is 5.92 Å². The van der Waals surface area contributed by atoms with E-state index < -0.39 is 0 Å². The summed E-state index contributed by atoms with van der Waals surface area (Å²) in [4.78, 5) is 13.4. The highest BCUT2D eigenvalue weighted by Crippen LogP contribution is 2.37. The molecule has 17 heavy (non-hydrogen) atoms. The third-order valence-corrected chi connectivity index (χ3v) is 3.88. The van der Waals surface area contributed by atoms with Gasteiger partial charge in [0, 0.05) is 13.0 Å². The fraction of sp³-hybridized carbons (Fsp3) is 0.917. The fourth-order valence-corrected chi connectivity index (χ4v) is 2.92. The first-order valence-electron chi connectivity index (χ1n) is 6.43. The number of hydrogen-bond acceptors (Lipinski definition) is 4. The largest absolute Gasteiger partial charge is 0.353 e. The molecule has 3 aliphatic rings. The maximum Gasteiger partial charge on any atom is 0.232 e. The van der Waals surface area contributed by atoms with E-state index in [1.165, 1.54) is 0 Å². The summed E-state index contributed by atoms with van der Waals surface area (Å²) in [6.45, 7) is 5.20.